The van der Waals surface area contributed by atoms with Gasteiger partial charge in [0.05, 0.1) is 10.7 Å². The first-order valence-electron chi connectivity index (χ1n) is 7.92. The Morgan fingerprint density at radius 3 is 2.70 bits per heavy atom. The lowest BCUT2D eigenvalue weighted by atomic mass is 9.99. The molecular weight excluding hydrogens is 349 g/mol. The normalized spacial score (nSPS) is 16.0. The fraction of sp³-hybridized carbons (Fsp3) is 0.412. The molecule has 0 aliphatic heterocycles. The van der Waals surface area contributed by atoms with Crippen LogP contribution in [-0.2, 0) is 0 Å². The van der Waals surface area contributed by atoms with E-state index in [0.29, 0.717) is 10.0 Å². The largest absolute Gasteiger partial charge is 0.258 e. The minimum atomic E-state index is 0.668. The lowest BCUT2D eigenvalue weighted by Gasteiger charge is -2.13. The number of hydrogen-bond acceptors (Lipinski definition) is 3. The van der Waals surface area contributed by atoms with Crippen LogP contribution in [0.5, 0.6) is 0 Å². The molecule has 1 aromatic heterocycles. The molecule has 2 aromatic rings. The second kappa shape index (κ2) is 7.65. The average molecular weight is 368 g/mol. The summed E-state index contributed by atoms with van der Waals surface area (Å²) >= 11 is 14.1. The summed E-state index contributed by atoms with van der Waals surface area (Å²) in [6, 6.07) is 5.51. The van der Waals surface area contributed by atoms with Crippen LogP contribution in [-0.4, -0.2) is 16.9 Å². The van der Waals surface area contributed by atoms with E-state index in [9.17, 15) is 0 Å². The highest BCUT2D eigenvalue weighted by molar-refractivity contribution is 7.07. The van der Waals surface area contributed by atoms with Crippen LogP contribution in [0.15, 0.2) is 33.7 Å². The topological polar surface area (TPSA) is 29.6 Å². The summed E-state index contributed by atoms with van der Waals surface area (Å²) in [6.07, 6.45) is 5.87. The van der Waals surface area contributed by atoms with Crippen molar-refractivity contribution in [3.8, 4) is 11.3 Å². The van der Waals surface area contributed by atoms with Crippen molar-refractivity contribution >= 4 is 40.3 Å². The molecule has 0 saturated heterocycles. The quantitative estimate of drug-likeness (QED) is 0.674. The first-order chi connectivity index (χ1) is 11.2. The van der Waals surface area contributed by atoms with Crippen LogP contribution in [0.3, 0.4) is 0 Å². The summed E-state index contributed by atoms with van der Waals surface area (Å²) < 4.78 is 1.94. The third-order valence-corrected chi connectivity index (χ3v) is 5.27. The van der Waals surface area contributed by atoms with Crippen molar-refractivity contribution in [2.75, 3.05) is 6.54 Å². The van der Waals surface area contributed by atoms with E-state index < -0.39 is 0 Å². The van der Waals surface area contributed by atoms with E-state index in [1.807, 2.05) is 23.7 Å². The molecule has 1 saturated carbocycles. The summed E-state index contributed by atoms with van der Waals surface area (Å²) in [5, 5.41) is 8.29. The lowest BCUT2D eigenvalue weighted by Crippen LogP contribution is -2.16. The first kappa shape index (κ1) is 16.7. The van der Waals surface area contributed by atoms with Gasteiger partial charge in [0.15, 0.2) is 0 Å². The molecular formula is C17H19Cl2N3S. The van der Waals surface area contributed by atoms with Gasteiger partial charge >= 0.3 is 0 Å². The fourth-order valence-electron chi connectivity index (χ4n) is 2.72. The number of halogens is 2. The molecule has 1 aliphatic rings. The van der Waals surface area contributed by atoms with Crippen molar-refractivity contribution < 1.29 is 0 Å². The maximum Gasteiger partial charge on any atom is 0.206 e. The highest BCUT2D eigenvalue weighted by Gasteiger charge is 2.14. The van der Waals surface area contributed by atoms with Gasteiger partial charge in [-0.25, -0.2) is 4.68 Å². The molecule has 1 aromatic carbocycles. The van der Waals surface area contributed by atoms with Crippen molar-refractivity contribution in [1.29, 1.82) is 0 Å². The number of nitrogens with zero attached hydrogens (tertiary/aromatic N) is 3. The van der Waals surface area contributed by atoms with Crippen molar-refractivity contribution in [3.05, 3.63) is 38.4 Å². The average Bonchev–Trinajstić information content (AvgIpc) is 2.94. The van der Waals surface area contributed by atoms with Gasteiger partial charge in [0, 0.05) is 28.2 Å². The Bertz CT molecular complexity index is 781. The predicted octanol–water partition coefficient (Wildman–Crippen LogP) is 5.61. The van der Waals surface area contributed by atoms with Gasteiger partial charge in [-0.05, 0) is 50.8 Å². The van der Waals surface area contributed by atoms with Crippen LogP contribution in [0.4, 0.5) is 0 Å². The molecule has 0 radical (unpaired) electrons. The number of rotatable bonds is 3. The van der Waals surface area contributed by atoms with Crippen molar-refractivity contribution in [2.45, 2.75) is 39.0 Å². The molecule has 0 spiro atoms. The van der Waals surface area contributed by atoms with Crippen molar-refractivity contribution in [3.63, 3.8) is 0 Å². The molecule has 122 valence electrons. The summed E-state index contributed by atoms with van der Waals surface area (Å²) in [5.41, 5.74) is 3.09. The van der Waals surface area contributed by atoms with E-state index in [1.165, 1.54) is 25.0 Å². The van der Waals surface area contributed by atoms with E-state index in [0.717, 1.165) is 35.4 Å². The van der Waals surface area contributed by atoms with Crippen LogP contribution in [0.2, 0.25) is 10.0 Å². The number of aromatic nitrogens is 1. The van der Waals surface area contributed by atoms with Gasteiger partial charge in [0.1, 0.15) is 0 Å². The highest BCUT2D eigenvalue weighted by atomic mass is 35.5. The van der Waals surface area contributed by atoms with Crippen molar-refractivity contribution in [1.82, 2.24) is 4.68 Å². The predicted molar refractivity (Wildman–Crippen MR) is 99.8 cm³/mol. The Morgan fingerprint density at radius 1 is 1.17 bits per heavy atom. The second-order valence-corrected chi connectivity index (χ2v) is 7.22. The monoisotopic (exact) mass is 367 g/mol. The van der Waals surface area contributed by atoms with Gasteiger partial charge in [-0.2, -0.15) is 5.10 Å². The van der Waals surface area contributed by atoms with Gasteiger partial charge in [-0.15, -0.1) is 11.3 Å². The van der Waals surface area contributed by atoms with Crippen molar-refractivity contribution in [2.24, 2.45) is 10.1 Å². The van der Waals surface area contributed by atoms with Gasteiger partial charge in [-0.1, -0.05) is 29.6 Å². The number of benzene rings is 1. The minimum Gasteiger partial charge on any atom is -0.258 e. The van der Waals surface area contributed by atoms with Gasteiger partial charge in [0.2, 0.25) is 4.80 Å². The van der Waals surface area contributed by atoms with E-state index in [-0.39, 0.29) is 0 Å². The molecule has 23 heavy (non-hydrogen) atoms. The fourth-order valence-corrected chi connectivity index (χ4v) is 3.99. The lowest BCUT2D eigenvalue weighted by molar-refractivity contribution is 0.655. The second-order valence-electron chi connectivity index (χ2n) is 5.54. The van der Waals surface area contributed by atoms with E-state index in [2.05, 4.69) is 10.4 Å². The molecule has 0 bridgehead atoms. The maximum absolute atomic E-state index is 6.39. The Labute approximate surface area is 150 Å². The third-order valence-electron chi connectivity index (χ3n) is 3.86. The number of thiazole rings is 1. The zero-order valence-corrected chi connectivity index (χ0v) is 15.4. The molecule has 6 heteroatoms. The molecule has 1 heterocycles. The summed E-state index contributed by atoms with van der Waals surface area (Å²) in [6.45, 7) is 2.76. The van der Waals surface area contributed by atoms with Crippen LogP contribution in [0, 0.1) is 0 Å². The van der Waals surface area contributed by atoms with Gasteiger partial charge < -0.3 is 0 Å². The molecule has 0 N–H and O–H groups in total. The zero-order valence-electron chi connectivity index (χ0n) is 13.1. The SMILES string of the molecule is CCN=c1scc(-c2cc(Cl)ccc2Cl)n1N=C1CCCCC1. The van der Waals surface area contributed by atoms with Crippen LogP contribution in [0.1, 0.15) is 39.0 Å². The molecule has 0 atom stereocenters. The molecule has 0 unspecified atom stereocenters. The van der Waals surface area contributed by atoms with E-state index in [4.69, 9.17) is 28.3 Å². The summed E-state index contributed by atoms with van der Waals surface area (Å²) in [7, 11) is 0. The Morgan fingerprint density at radius 2 is 1.96 bits per heavy atom. The standard InChI is InChI=1S/C17H19Cl2N3S/c1-2-20-17-22(21-13-6-4-3-5-7-13)16(11-23-17)14-10-12(18)8-9-15(14)19/h8-11H,2-7H2,1H3. The van der Waals surface area contributed by atoms with Gasteiger partial charge in [-0.3, -0.25) is 4.99 Å². The Hall–Kier alpha value is -1.10. The molecule has 1 fully saturated rings. The smallest absolute Gasteiger partial charge is 0.206 e. The first-order valence-corrected chi connectivity index (χ1v) is 9.55. The zero-order chi connectivity index (χ0) is 16.2. The van der Waals surface area contributed by atoms with Crippen LogP contribution in [0.25, 0.3) is 11.3 Å². The summed E-state index contributed by atoms with van der Waals surface area (Å²) in [4.78, 5) is 5.47. The van der Waals surface area contributed by atoms with Crippen LogP contribution >= 0.6 is 34.5 Å². The van der Waals surface area contributed by atoms with E-state index >= 15 is 0 Å². The molecule has 3 rings (SSSR count). The Balaban J connectivity index is 2.14. The summed E-state index contributed by atoms with van der Waals surface area (Å²) in [5.74, 6) is 0. The Kier molecular flexibility index (Phi) is 5.57. The van der Waals surface area contributed by atoms with Crippen LogP contribution < -0.4 is 4.80 Å². The minimum absolute atomic E-state index is 0.668. The molecule has 0 amide bonds. The highest BCUT2D eigenvalue weighted by Crippen LogP contribution is 2.31. The third kappa shape index (κ3) is 3.87. The molecule has 3 nitrogen and oxygen atoms in total. The molecule has 1 aliphatic carbocycles. The van der Waals surface area contributed by atoms with Gasteiger partial charge in [0.25, 0.3) is 0 Å². The maximum atomic E-state index is 6.39. The van der Waals surface area contributed by atoms with E-state index in [1.54, 1.807) is 17.4 Å². The number of hydrogen-bond donors (Lipinski definition) is 0.